The summed E-state index contributed by atoms with van der Waals surface area (Å²) in [6.07, 6.45) is -5.90. The van der Waals surface area contributed by atoms with E-state index in [0.717, 1.165) is 0 Å². The number of hydrogen-bond donors (Lipinski definition) is 5. The second kappa shape index (κ2) is 8.28. The van der Waals surface area contributed by atoms with Gasteiger partial charge in [-0.3, -0.25) is 4.79 Å². The molecule has 150 valence electrons. The van der Waals surface area contributed by atoms with Crippen LogP contribution in [0.4, 0.5) is 18.9 Å². The zero-order valence-electron chi connectivity index (χ0n) is 14.5. The first kappa shape index (κ1) is 21.2. The Morgan fingerprint density at radius 1 is 1.04 bits per heavy atom. The topological polar surface area (TPSA) is 134 Å². The number of hydrogen-bond acceptors (Lipinski definition) is 4. The summed E-state index contributed by atoms with van der Waals surface area (Å²) in [6.45, 7) is 0. The Morgan fingerprint density at radius 3 is 2.11 bits per heavy atom. The molecule has 2 aromatic rings. The van der Waals surface area contributed by atoms with Crippen LogP contribution in [0.2, 0.25) is 0 Å². The third-order valence-corrected chi connectivity index (χ3v) is 3.88. The number of alkyl halides is 3. The number of halogens is 3. The normalized spacial score (nSPS) is 12.9. The first-order valence-electron chi connectivity index (χ1n) is 8.06. The van der Waals surface area contributed by atoms with Gasteiger partial charge in [0.1, 0.15) is 0 Å². The molecule has 1 atom stereocenters. The average molecular weight is 396 g/mol. The average Bonchev–Trinajstić information content (AvgIpc) is 2.62. The molecule has 0 aliphatic heterocycles. The zero-order chi connectivity index (χ0) is 20.9. The quantitative estimate of drug-likeness (QED) is 0.284. The highest BCUT2D eigenvalue weighted by molar-refractivity contribution is 5.94. The molecule has 7 N–H and O–H groups in total. The van der Waals surface area contributed by atoms with Crippen molar-refractivity contribution < 1.29 is 28.2 Å². The van der Waals surface area contributed by atoms with Crippen molar-refractivity contribution in [3.63, 3.8) is 0 Å². The summed E-state index contributed by atoms with van der Waals surface area (Å²) in [6, 6.07) is 11.1. The molecule has 7 nitrogen and oxygen atoms in total. The molecule has 28 heavy (non-hydrogen) atoms. The van der Waals surface area contributed by atoms with E-state index in [0.29, 0.717) is 11.3 Å². The molecule has 0 aromatic heterocycles. The largest absolute Gasteiger partial charge is 0.445 e. The van der Waals surface area contributed by atoms with E-state index < -0.39 is 30.3 Å². The van der Waals surface area contributed by atoms with Crippen LogP contribution in [0.15, 0.2) is 59.6 Å². The van der Waals surface area contributed by atoms with Crippen LogP contribution in [0, 0.1) is 0 Å². The molecule has 2 aromatic carbocycles. The van der Waals surface area contributed by atoms with Gasteiger partial charge in [-0.15, -0.1) is 0 Å². The highest BCUT2D eigenvalue weighted by atomic mass is 19.4. The lowest BCUT2D eigenvalue weighted by Crippen LogP contribution is -2.61. The summed E-state index contributed by atoms with van der Waals surface area (Å²) in [5.41, 5.74) is 11.2. The van der Waals surface area contributed by atoms with E-state index in [1.807, 2.05) is 5.32 Å². The summed E-state index contributed by atoms with van der Waals surface area (Å²) in [4.78, 5) is 16.0. The van der Waals surface area contributed by atoms with Crippen molar-refractivity contribution in [1.82, 2.24) is 5.32 Å². The lowest BCUT2D eigenvalue weighted by atomic mass is 9.97. The number of aliphatic imine (C=N–C) groups is 1. The zero-order valence-corrected chi connectivity index (χ0v) is 14.5. The van der Waals surface area contributed by atoms with Crippen LogP contribution >= 0.6 is 0 Å². The fourth-order valence-corrected chi connectivity index (χ4v) is 2.41. The van der Waals surface area contributed by atoms with Crippen LogP contribution in [0.1, 0.15) is 15.9 Å². The highest BCUT2D eigenvalue weighted by Gasteiger charge is 2.58. The number of carbonyl (C=O) groups is 1. The van der Waals surface area contributed by atoms with E-state index in [4.69, 9.17) is 11.5 Å². The van der Waals surface area contributed by atoms with Crippen molar-refractivity contribution in [1.29, 1.82) is 0 Å². The van der Waals surface area contributed by atoms with Crippen LogP contribution in [0.5, 0.6) is 0 Å². The minimum atomic E-state index is -5.39. The van der Waals surface area contributed by atoms with E-state index in [9.17, 15) is 28.2 Å². The standard InChI is InChI=1S/C18H19F3N4O3/c19-18(20,21)17(27,28)14(25-15(26)12-4-2-1-3-5-12)10-11-6-8-13(9-7-11)24-16(22)23/h1-9,14,27-28H,10H2,(H,25,26)(H4,22,23,24). The van der Waals surface area contributed by atoms with Gasteiger partial charge in [0.25, 0.3) is 11.7 Å². The second-order valence-corrected chi connectivity index (χ2v) is 6.02. The summed E-state index contributed by atoms with van der Waals surface area (Å²) < 4.78 is 39.4. The smallest absolute Gasteiger partial charge is 0.370 e. The number of nitrogens with two attached hydrogens (primary N) is 2. The summed E-state index contributed by atoms with van der Waals surface area (Å²) in [5, 5.41) is 21.5. The van der Waals surface area contributed by atoms with Crippen LogP contribution < -0.4 is 16.8 Å². The number of nitrogens with zero attached hydrogens (tertiary/aromatic N) is 1. The Kier molecular flexibility index (Phi) is 6.26. The molecule has 0 saturated carbocycles. The monoisotopic (exact) mass is 396 g/mol. The minimum absolute atomic E-state index is 0.0774. The van der Waals surface area contributed by atoms with Crippen molar-refractivity contribution in [3.8, 4) is 0 Å². The lowest BCUT2D eigenvalue weighted by molar-refractivity contribution is -0.358. The maximum atomic E-state index is 13.1. The molecule has 0 radical (unpaired) electrons. The number of guanidine groups is 1. The van der Waals surface area contributed by atoms with Gasteiger partial charge in [-0.05, 0) is 36.2 Å². The molecule has 2 rings (SSSR count). The van der Waals surface area contributed by atoms with E-state index in [-0.39, 0.29) is 11.5 Å². The van der Waals surface area contributed by atoms with Crippen molar-refractivity contribution in [2.24, 2.45) is 16.5 Å². The Balaban J connectivity index is 2.28. The van der Waals surface area contributed by atoms with Gasteiger partial charge < -0.3 is 27.0 Å². The van der Waals surface area contributed by atoms with Gasteiger partial charge in [0, 0.05) is 5.56 Å². The molecule has 0 fully saturated rings. The number of rotatable bonds is 6. The Labute approximate surface area is 158 Å². The molecule has 0 heterocycles. The SMILES string of the molecule is NC(N)=Nc1ccc(CC(NC(=O)c2ccccc2)C(O)(O)C(F)(F)F)cc1. The fraction of sp³-hybridized carbons (Fsp3) is 0.222. The van der Waals surface area contributed by atoms with Gasteiger partial charge in [0.2, 0.25) is 0 Å². The molecule has 0 spiro atoms. The van der Waals surface area contributed by atoms with Gasteiger partial charge in [-0.2, -0.15) is 13.2 Å². The Bertz CT molecular complexity index is 833. The lowest BCUT2D eigenvalue weighted by Gasteiger charge is -2.33. The van der Waals surface area contributed by atoms with Gasteiger partial charge >= 0.3 is 6.18 Å². The summed E-state index contributed by atoms with van der Waals surface area (Å²) in [5.74, 6) is -5.21. The predicted octanol–water partition coefficient (Wildman–Crippen LogP) is 1.18. The second-order valence-electron chi connectivity index (χ2n) is 6.02. The summed E-state index contributed by atoms with van der Waals surface area (Å²) >= 11 is 0. The minimum Gasteiger partial charge on any atom is -0.370 e. The number of nitrogens with one attached hydrogen (secondary N) is 1. The fourth-order valence-electron chi connectivity index (χ4n) is 2.41. The van der Waals surface area contributed by atoms with Crippen molar-refractivity contribution in [2.75, 3.05) is 0 Å². The number of benzene rings is 2. The number of carbonyl (C=O) groups excluding carboxylic acids is 1. The maximum absolute atomic E-state index is 13.1. The first-order valence-corrected chi connectivity index (χ1v) is 8.06. The molecular weight excluding hydrogens is 377 g/mol. The van der Waals surface area contributed by atoms with Gasteiger partial charge in [-0.1, -0.05) is 30.3 Å². The van der Waals surface area contributed by atoms with Crippen LogP contribution in [-0.4, -0.2) is 40.1 Å². The molecular formula is C18H19F3N4O3. The third kappa shape index (κ3) is 5.21. The highest BCUT2D eigenvalue weighted by Crippen LogP contribution is 2.32. The van der Waals surface area contributed by atoms with Gasteiger partial charge in [0.15, 0.2) is 5.96 Å². The van der Waals surface area contributed by atoms with Crippen LogP contribution in [-0.2, 0) is 6.42 Å². The van der Waals surface area contributed by atoms with Crippen LogP contribution in [0.3, 0.4) is 0 Å². The van der Waals surface area contributed by atoms with E-state index in [2.05, 4.69) is 4.99 Å². The Morgan fingerprint density at radius 2 is 1.61 bits per heavy atom. The molecule has 0 aliphatic carbocycles. The van der Waals surface area contributed by atoms with Crippen molar-refractivity contribution in [2.45, 2.75) is 24.4 Å². The van der Waals surface area contributed by atoms with Gasteiger partial charge in [0.05, 0.1) is 11.7 Å². The molecule has 10 heteroatoms. The van der Waals surface area contributed by atoms with E-state index in [1.165, 1.54) is 48.5 Å². The number of aliphatic hydroxyl groups is 2. The molecule has 1 unspecified atom stereocenters. The molecule has 1 amide bonds. The maximum Gasteiger partial charge on any atom is 0.445 e. The van der Waals surface area contributed by atoms with E-state index in [1.54, 1.807) is 6.07 Å². The molecule has 0 bridgehead atoms. The summed E-state index contributed by atoms with van der Waals surface area (Å²) in [7, 11) is 0. The van der Waals surface area contributed by atoms with Crippen molar-refractivity contribution in [3.05, 3.63) is 65.7 Å². The first-order chi connectivity index (χ1) is 13.0. The third-order valence-electron chi connectivity index (χ3n) is 3.88. The molecule has 0 aliphatic rings. The van der Waals surface area contributed by atoms with Gasteiger partial charge in [-0.25, -0.2) is 4.99 Å². The Hall–Kier alpha value is -3.11. The van der Waals surface area contributed by atoms with Crippen LogP contribution in [0.25, 0.3) is 0 Å². The molecule has 0 saturated heterocycles. The van der Waals surface area contributed by atoms with E-state index >= 15 is 0 Å². The van der Waals surface area contributed by atoms with Crippen molar-refractivity contribution >= 4 is 17.6 Å². The predicted molar refractivity (Wildman–Crippen MR) is 96.5 cm³/mol. The number of amides is 1.